The SMILES string of the molecule is NC(=O)C1CCCN1c1ccc(C(N)=S)cc1. The van der Waals surface area contributed by atoms with Gasteiger partial charge in [0.1, 0.15) is 11.0 Å². The number of rotatable bonds is 3. The van der Waals surface area contributed by atoms with Gasteiger partial charge >= 0.3 is 0 Å². The van der Waals surface area contributed by atoms with Gasteiger partial charge in [0.05, 0.1) is 0 Å². The van der Waals surface area contributed by atoms with Crippen molar-refractivity contribution in [3.05, 3.63) is 29.8 Å². The molecule has 1 saturated heterocycles. The molecule has 1 amide bonds. The van der Waals surface area contributed by atoms with Crippen molar-refractivity contribution in [3.8, 4) is 0 Å². The Hall–Kier alpha value is -1.62. The molecule has 1 fully saturated rings. The number of amides is 1. The van der Waals surface area contributed by atoms with Gasteiger partial charge in [-0.3, -0.25) is 4.79 Å². The zero-order valence-corrected chi connectivity index (χ0v) is 10.2. The summed E-state index contributed by atoms with van der Waals surface area (Å²) in [5.41, 5.74) is 12.7. The van der Waals surface area contributed by atoms with Gasteiger partial charge < -0.3 is 16.4 Å². The van der Waals surface area contributed by atoms with Crippen LogP contribution in [0.3, 0.4) is 0 Å². The van der Waals surface area contributed by atoms with Gasteiger partial charge in [0.15, 0.2) is 0 Å². The minimum Gasteiger partial charge on any atom is -0.389 e. The number of nitrogens with zero attached hydrogens (tertiary/aromatic N) is 1. The fraction of sp³-hybridized carbons (Fsp3) is 0.333. The van der Waals surface area contributed by atoms with Gasteiger partial charge in [-0.1, -0.05) is 12.2 Å². The van der Waals surface area contributed by atoms with E-state index < -0.39 is 0 Å². The molecular formula is C12H15N3OS. The number of carbonyl (C=O) groups is 1. The van der Waals surface area contributed by atoms with Crippen molar-refractivity contribution >= 4 is 28.8 Å². The van der Waals surface area contributed by atoms with Crippen LogP contribution in [-0.4, -0.2) is 23.5 Å². The van der Waals surface area contributed by atoms with Crippen molar-refractivity contribution in [2.24, 2.45) is 11.5 Å². The van der Waals surface area contributed by atoms with Crippen molar-refractivity contribution < 1.29 is 4.79 Å². The largest absolute Gasteiger partial charge is 0.389 e. The fourth-order valence-corrected chi connectivity index (χ4v) is 2.32. The zero-order chi connectivity index (χ0) is 12.4. The van der Waals surface area contributed by atoms with Gasteiger partial charge in [-0.05, 0) is 37.1 Å². The molecular weight excluding hydrogens is 234 g/mol. The second-order valence-corrected chi connectivity index (χ2v) is 4.60. The summed E-state index contributed by atoms with van der Waals surface area (Å²) in [5.74, 6) is -0.263. The third-order valence-corrected chi connectivity index (χ3v) is 3.30. The summed E-state index contributed by atoms with van der Waals surface area (Å²) in [6.07, 6.45) is 1.82. The molecule has 0 bridgehead atoms. The van der Waals surface area contributed by atoms with Crippen LogP contribution in [0.1, 0.15) is 18.4 Å². The Labute approximate surface area is 106 Å². The number of carbonyl (C=O) groups excluding carboxylic acids is 1. The van der Waals surface area contributed by atoms with Crippen LogP contribution >= 0.6 is 12.2 Å². The minimum atomic E-state index is -0.263. The smallest absolute Gasteiger partial charge is 0.240 e. The Morgan fingerprint density at radius 3 is 2.47 bits per heavy atom. The van der Waals surface area contributed by atoms with E-state index in [0.717, 1.165) is 30.6 Å². The Morgan fingerprint density at radius 2 is 1.94 bits per heavy atom. The molecule has 0 spiro atoms. The van der Waals surface area contributed by atoms with Crippen LogP contribution in [0.4, 0.5) is 5.69 Å². The van der Waals surface area contributed by atoms with Crippen LogP contribution in [0.15, 0.2) is 24.3 Å². The number of benzene rings is 1. The number of anilines is 1. The number of thiocarbonyl (C=S) groups is 1. The van der Waals surface area contributed by atoms with Gasteiger partial charge in [-0.15, -0.1) is 0 Å². The zero-order valence-electron chi connectivity index (χ0n) is 9.43. The molecule has 1 aliphatic rings. The average Bonchev–Trinajstić information content (AvgIpc) is 2.78. The molecule has 1 aromatic rings. The van der Waals surface area contributed by atoms with Crippen molar-refractivity contribution in [1.29, 1.82) is 0 Å². The molecule has 2 rings (SSSR count). The van der Waals surface area contributed by atoms with Crippen LogP contribution in [0.2, 0.25) is 0 Å². The Bertz CT molecular complexity index is 444. The number of primary amides is 1. The lowest BCUT2D eigenvalue weighted by atomic mass is 10.1. The second-order valence-electron chi connectivity index (χ2n) is 4.16. The van der Waals surface area contributed by atoms with E-state index >= 15 is 0 Å². The molecule has 0 aliphatic carbocycles. The molecule has 0 saturated carbocycles. The minimum absolute atomic E-state index is 0.189. The quantitative estimate of drug-likeness (QED) is 0.776. The van der Waals surface area contributed by atoms with Crippen molar-refractivity contribution in [2.75, 3.05) is 11.4 Å². The van der Waals surface area contributed by atoms with Gasteiger partial charge in [0.25, 0.3) is 0 Å². The van der Waals surface area contributed by atoms with E-state index in [1.165, 1.54) is 0 Å². The highest BCUT2D eigenvalue weighted by molar-refractivity contribution is 7.80. The van der Waals surface area contributed by atoms with E-state index in [2.05, 4.69) is 0 Å². The Kier molecular flexibility index (Phi) is 3.28. The highest BCUT2D eigenvalue weighted by atomic mass is 32.1. The summed E-state index contributed by atoms with van der Waals surface area (Å²) in [6, 6.07) is 7.40. The molecule has 1 atom stereocenters. The third kappa shape index (κ3) is 2.39. The highest BCUT2D eigenvalue weighted by Crippen LogP contribution is 2.25. The van der Waals surface area contributed by atoms with Crippen LogP contribution in [0.5, 0.6) is 0 Å². The monoisotopic (exact) mass is 249 g/mol. The number of hydrogen-bond donors (Lipinski definition) is 2. The lowest BCUT2D eigenvalue weighted by Gasteiger charge is -2.24. The maximum atomic E-state index is 11.3. The molecule has 5 heteroatoms. The standard InChI is InChI=1S/C12H15N3OS/c13-11(16)10-2-1-7-15(10)9-5-3-8(4-6-9)12(14)17/h3-6,10H,1-2,7H2,(H2,13,16)(H2,14,17). The first-order valence-corrected chi connectivity index (χ1v) is 5.96. The molecule has 90 valence electrons. The lowest BCUT2D eigenvalue weighted by molar-refractivity contribution is -0.119. The maximum absolute atomic E-state index is 11.3. The Morgan fingerprint density at radius 1 is 1.29 bits per heavy atom. The Balaban J connectivity index is 2.22. The molecule has 1 heterocycles. The van der Waals surface area contributed by atoms with E-state index in [0.29, 0.717) is 4.99 Å². The summed E-state index contributed by atoms with van der Waals surface area (Å²) in [4.78, 5) is 13.7. The summed E-state index contributed by atoms with van der Waals surface area (Å²) >= 11 is 4.89. The van der Waals surface area contributed by atoms with Crippen LogP contribution in [-0.2, 0) is 4.79 Å². The predicted octanol–water partition coefficient (Wildman–Crippen LogP) is 0.775. The fourth-order valence-electron chi connectivity index (χ4n) is 2.19. The van der Waals surface area contributed by atoms with Crippen molar-refractivity contribution in [2.45, 2.75) is 18.9 Å². The first kappa shape index (κ1) is 11.9. The van der Waals surface area contributed by atoms with E-state index in [4.69, 9.17) is 23.7 Å². The lowest BCUT2D eigenvalue weighted by Crippen LogP contribution is -2.40. The first-order valence-electron chi connectivity index (χ1n) is 5.55. The van der Waals surface area contributed by atoms with Gasteiger partial charge in [-0.2, -0.15) is 0 Å². The summed E-state index contributed by atoms with van der Waals surface area (Å²) < 4.78 is 0. The van der Waals surface area contributed by atoms with Gasteiger partial charge in [0, 0.05) is 17.8 Å². The molecule has 4 N–H and O–H groups in total. The third-order valence-electron chi connectivity index (χ3n) is 3.06. The molecule has 0 aromatic heterocycles. The molecule has 1 aromatic carbocycles. The second kappa shape index (κ2) is 4.71. The normalized spacial score (nSPS) is 19.3. The predicted molar refractivity (Wildman–Crippen MR) is 71.9 cm³/mol. The summed E-state index contributed by atoms with van der Waals surface area (Å²) in [7, 11) is 0. The average molecular weight is 249 g/mol. The number of nitrogens with two attached hydrogens (primary N) is 2. The molecule has 1 unspecified atom stereocenters. The van der Waals surface area contributed by atoms with E-state index in [1.54, 1.807) is 0 Å². The van der Waals surface area contributed by atoms with Crippen molar-refractivity contribution in [3.63, 3.8) is 0 Å². The van der Waals surface area contributed by atoms with Crippen LogP contribution in [0, 0.1) is 0 Å². The van der Waals surface area contributed by atoms with Crippen LogP contribution in [0.25, 0.3) is 0 Å². The van der Waals surface area contributed by atoms with Crippen LogP contribution < -0.4 is 16.4 Å². The van der Waals surface area contributed by atoms with E-state index in [1.807, 2.05) is 29.2 Å². The molecule has 0 radical (unpaired) electrons. The maximum Gasteiger partial charge on any atom is 0.240 e. The molecule has 17 heavy (non-hydrogen) atoms. The summed E-state index contributed by atoms with van der Waals surface area (Å²) in [5, 5.41) is 0. The van der Waals surface area contributed by atoms with E-state index in [-0.39, 0.29) is 11.9 Å². The first-order chi connectivity index (χ1) is 8.09. The van der Waals surface area contributed by atoms with Gasteiger partial charge in [-0.25, -0.2) is 0 Å². The van der Waals surface area contributed by atoms with Gasteiger partial charge in [0.2, 0.25) is 5.91 Å². The van der Waals surface area contributed by atoms with E-state index in [9.17, 15) is 4.79 Å². The topological polar surface area (TPSA) is 72.4 Å². The summed E-state index contributed by atoms with van der Waals surface area (Å²) in [6.45, 7) is 0.861. The highest BCUT2D eigenvalue weighted by Gasteiger charge is 2.28. The van der Waals surface area contributed by atoms with Crippen molar-refractivity contribution in [1.82, 2.24) is 0 Å². The molecule has 1 aliphatic heterocycles. The number of hydrogen-bond acceptors (Lipinski definition) is 3. The molecule has 4 nitrogen and oxygen atoms in total.